The predicted octanol–water partition coefficient (Wildman–Crippen LogP) is 3.31. The molecule has 1 aromatic rings. The van der Waals surface area contributed by atoms with Crippen molar-refractivity contribution in [3.63, 3.8) is 0 Å². The maximum Gasteiger partial charge on any atom is 0.0672 e. The van der Waals surface area contributed by atoms with E-state index in [9.17, 15) is 5.26 Å². The van der Waals surface area contributed by atoms with Gasteiger partial charge in [0, 0.05) is 19.0 Å². The highest BCUT2D eigenvalue weighted by molar-refractivity contribution is 5.21. The molecule has 3 nitrogen and oxygen atoms in total. The molecule has 0 amide bonds. The van der Waals surface area contributed by atoms with Crippen LogP contribution in [0.25, 0.3) is 0 Å². The van der Waals surface area contributed by atoms with E-state index in [4.69, 9.17) is 5.26 Å². The number of nitrogens with zero attached hydrogens (tertiary/aromatic N) is 3. The molecule has 20 heavy (non-hydrogen) atoms. The van der Waals surface area contributed by atoms with E-state index in [1.165, 1.54) is 5.56 Å². The fourth-order valence-electron chi connectivity index (χ4n) is 3.20. The van der Waals surface area contributed by atoms with Gasteiger partial charge >= 0.3 is 0 Å². The Labute approximate surface area is 121 Å². The van der Waals surface area contributed by atoms with Crippen LogP contribution in [0.5, 0.6) is 0 Å². The Kier molecular flexibility index (Phi) is 5.16. The number of hydrogen-bond acceptors (Lipinski definition) is 3. The van der Waals surface area contributed by atoms with Gasteiger partial charge in [-0.15, -0.1) is 0 Å². The zero-order chi connectivity index (χ0) is 14.4. The van der Waals surface area contributed by atoms with E-state index < -0.39 is 0 Å². The SMILES string of the molecule is CN(CCC#N)C1CC(c2ccccc2)CCC1C#N. The molecular formula is C17H21N3. The smallest absolute Gasteiger partial charge is 0.0672 e. The normalized spacial score (nSPS) is 25.9. The second-order valence-corrected chi connectivity index (χ2v) is 5.61. The van der Waals surface area contributed by atoms with Crippen LogP contribution in [0.15, 0.2) is 30.3 Å². The number of benzene rings is 1. The highest BCUT2D eigenvalue weighted by Gasteiger charge is 2.33. The molecule has 3 unspecified atom stereocenters. The Morgan fingerprint density at radius 1 is 1.20 bits per heavy atom. The largest absolute Gasteiger partial charge is 0.301 e. The maximum atomic E-state index is 9.35. The summed E-state index contributed by atoms with van der Waals surface area (Å²) in [6.45, 7) is 0.751. The van der Waals surface area contributed by atoms with Crippen LogP contribution in [0.3, 0.4) is 0 Å². The van der Waals surface area contributed by atoms with Crippen molar-refractivity contribution in [2.45, 2.75) is 37.6 Å². The van der Waals surface area contributed by atoms with E-state index in [-0.39, 0.29) is 12.0 Å². The fourth-order valence-corrected chi connectivity index (χ4v) is 3.20. The lowest BCUT2D eigenvalue weighted by molar-refractivity contribution is 0.148. The molecule has 0 spiro atoms. The molecule has 0 aromatic heterocycles. The van der Waals surface area contributed by atoms with Crippen LogP contribution >= 0.6 is 0 Å². The maximum absolute atomic E-state index is 9.35. The molecule has 0 bridgehead atoms. The van der Waals surface area contributed by atoms with Crippen molar-refractivity contribution in [3.05, 3.63) is 35.9 Å². The van der Waals surface area contributed by atoms with E-state index in [1.807, 2.05) is 13.1 Å². The minimum Gasteiger partial charge on any atom is -0.301 e. The van der Waals surface area contributed by atoms with Gasteiger partial charge in [-0.1, -0.05) is 30.3 Å². The summed E-state index contributed by atoms with van der Waals surface area (Å²) in [7, 11) is 2.04. The predicted molar refractivity (Wildman–Crippen MR) is 78.8 cm³/mol. The van der Waals surface area contributed by atoms with Crippen molar-refractivity contribution >= 4 is 0 Å². The summed E-state index contributed by atoms with van der Waals surface area (Å²) in [5, 5.41) is 18.1. The summed E-state index contributed by atoms with van der Waals surface area (Å²) in [5.41, 5.74) is 1.38. The van der Waals surface area contributed by atoms with Gasteiger partial charge in [-0.2, -0.15) is 10.5 Å². The molecule has 3 heteroatoms. The molecule has 0 radical (unpaired) electrons. The van der Waals surface area contributed by atoms with Gasteiger partial charge in [0.25, 0.3) is 0 Å². The molecule has 104 valence electrons. The Morgan fingerprint density at radius 3 is 2.60 bits per heavy atom. The van der Waals surface area contributed by atoms with Crippen molar-refractivity contribution in [2.24, 2.45) is 5.92 Å². The summed E-state index contributed by atoms with van der Waals surface area (Å²) in [5.74, 6) is 0.633. The van der Waals surface area contributed by atoms with E-state index in [0.717, 1.165) is 25.8 Å². The molecule has 1 fully saturated rings. The average Bonchev–Trinajstić information content (AvgIpc) is 2.52. The van der Waals surface area contributed by atoms with Crippen LogP contribution in [0.4, 0.5) is 0 Å². The molecule has 3 atom stereocenters. The Morgan fingerprint density at radius 2 is 1.95 bits per heavy atom. The third-order valence-electron chi connectivity index (χ3n) is 4.40. The van der Waals surface area contributed by atoms with Gasteiger partial charge in [-0.3, -0.25) is 0 Å². The highest BCUT2D eigenvalue weighted by Crippen LogP contribution is 2.37. The van der Waals surface area contributed by atoms with Crippen molar-refractivity contribution < 1.29 is 0 Å². The quantitative estimate of drug-likeness (QED) is 0.841. The van der Waals surface area contributed by atoms with Gasteiger partial charge in [0.05, 0.1) is 18.1 Å². The second-order valence-electron chi connectivity index (χ2n) is 5.61. The first-order valence-corrected chi connectivity index (χ1v) is 7.28. The molecular weight excluding hydrogens is 246 g/mol. The number of hydrogen-bond donors (Lipinski definition) is 0. The standard InChI is InChI=1S/C17H21N3/c1-20(11-5-10-18)17-12-15(8-9-16(17)13-19)14-6-3-2-4-7-14/h2-4,6-7,15-17H,5,8-9,11-12H2,1H3. The summed E-state index contributed by atoms with van der Waals surface area (Å²) in [6, 6.07) is 15.5. The fraction of sp³-hybridized carbons (Fsp3) is 0.529. The van der Waals surface area contributed by atoms with Crippen molar-refractivity contribution in [2.75, 3.05) is 13.6 Å². The van der Waals surface area contributed by atoms with E-state index in [2.05, 4.69) is 41.3 Å². The Balaban J connectivity index is 2.08. The van der Waals surface area contributed by atoms with Crippen LogP contribution in [0.2, 0.25) is 0 Å². The molecule has 0 N–H and O–H groups in total. The van der Waals surface area contributed by atoms with Gasteiger partial charge in [-0.05, 0) is 37.8 Å². The molecule has 1 aliphatic rings. The van der Waals surface area contributed by atoms with Crippen LogP contribution in [0.1, 0.15) is 37.2 Å². The Bertz CT molecular complexity index is 497. The zero-order valence-electron chi connectivity index (χ0n) is 12.0. The highest BCUT2D eigenvalue weighted by atomic mass is 15.1. The van der Waals surface area contributed by atoms with E-state index >= 15 is 0 Å². The summed E-state index contributed by atoms with van der Waals surface area (Å²) < 4.78 is 0. The molecule has 1 saturated carbocycles. The van der Waals surface area contributed by atoms with Gasteiger partial charge in [-0.25, -0.2) is 0 Å². The number of rotatable bonds is 4. The van der Waals surface area contributed by atoms with E-state index in [0.29, 0.717) is 12.3 Å². The lowest BCUT2D eigenvalue weighted by Gasteiger charge is -2.38. The van der Waals surface area contributed by atoms with Crippen LogP contribution in [-0.4, -0.2) is 24.5 Å². The third-order valence-corrected chi connectivity index (χ3v) is 4.40. The lowest BCUT2D eigenvalue weighted by Crippen LogP contribution is -2.41. The first kappa shape index (κ1) is 14.6. The molecule has 1 aliphatic carbocycles. The minimum absolute atomic E-state index is 0.0960. The molecule has 0 aliphatic heterocycles. The van der Waals surface area contributed by atoms with Gasteiger partial charge in [0.15, 0.2) is 0 Å². The topological polar surface area (TPSA) is 50.8 Å². The molecule has 0 heterocycles. The van der Waals surface area contributed by atoms with Gasteiger partial charge in [0.2, 0.25) is 0 Å². The monoisotopic (exact) mass is 267 g/mol. The zero-order valence-corrected chi connectivity index (χ0v) is 12.0. The average molecular weight is 267 g/mol. The van der Waals surface area contributed by atoms with Crippen LogP contribution < -0.4 is 0 Å². The molecule has 1 aromatic carbocycles. The second kappa shape index (κ2) is 7.08. The molecule has 0 saturated heterocycles. The minimum atomic E-state index is 0.0960. The summed E-state index contributed by atoms with van der Waals surface area (Å²) in [4.78, 5) is 2.20. The molecule has 2 rings (SSSR count). The first-order valence-electron chi connectivity index (χ1n) is 7.28. The van der Waals surface area contributed by atoms with Gasteiger partial charge in [0.1, 0.15) is 0 Å². The van der Waals surface area contributed by atoms with Crippen molar-refractivity contribution in [3.8, 4) is 12.1 Å². The van der Waals surface area contributed by atoms with Crippen molar-refractivity contribution in [1.29, 1.82) is 10.5 Å². The van der Waals surface area contributed by atoms with Gasteiger partial charge < -0.3 is 4.90 Å². The van der Waals surface area contributed by atoms with Crippen molar-refractivity contribution in [1.82, 2.24) is 4.90 Å². The number of nitriles is 2. The first-order chi connectivity index (χ1) is 9.76. The summed E-state index contributed by atoms with van der Waals surface area (Å²) >= 11 is 0. The third kappa shape index (κ3) is 3.38. The van der Waals surface area contributed by atoms with E-state index in [1.54, 1.807) is 0 Å². The van der Waals surface area contributed by atoms with Crippen LogP contribution in [-0.2, 0) is 0 Å². The summed E-state index contributed by atoms with van der Waals surface area (Å²) in [6.07, 6.45) is 3.59. The lowest BCUT2D eigenvalue weighted by atomic mass is 9.75. The Hall–Kier alpha value is -1.84. The van der Waals surface area contributed by atoms with Crippen LogP contribution in [0, 0.1) is 28.6 Å².